The van der Waals surface area contributed by atoms with E-state index < -0.39 is 0 Å². The molecule has 0 aromatic heterocycles. The normalized spacial score (nSPS) is 35.6. The fourth-order valence-corrected chi connectivity index (χ4v) is 3.01. The molecule has 94 valence electrons. The Hall–Kier alpha value is -0.120. The van der Waals surface area contributed by atoms with Crippen molar-refractivity contribution < 1.29 is 0 Å². The molecular weight excluding hydrogens is 198 g/mol. The van der Waals surface area contributed by atoms with Crippen LogP contribution in [0.15, 0.2) is 0 Å². The molecule has 3 heteroatoms. The number of likely N-dealkylation sites (tertiary alicyclic amines) is 1. The molecule has 0 radical (unpaired) electrons. The second-order valence-corrected chi connectivity index (χ2v) is 5.59. The average molecular weight is 225 g/mol. The molecular formula is C13H27N3. The Morgan fingerprint density at radius 1 is 1.06 bits per heavy atom. The van der Waals surface area contributed by atoms with Gasteiger partial charge in [-0.25, -0.2) is 0 Å². The highest BCUT2D eigenvalue weighted by Crippen LogP contribution is 2.16. The highest BCUT2D eigenvalue weighted by atomic mass is 15.2. The first-order chi connectivity index (χ1) is 7.75. The van der Waals surface area contributed by atoms with E-state index in [1.807, 2.05) is 0 Å². The van der Waals surface area contributed by atoms with E-state index in [0.717, 1.165) is 6.04 Å². The molecule has 16 heavy (non-hydrogen) atoms. The summed E-state index contributed by atoms with van der Waals surface area (Å²) in [6.07, 6.45) is 5.41. The molecule has 2 aliphatic heterocycles. The Morgan fingerprint density at radius 3 is 2.75 bits per heavy atom. The third-order valence-electron chi connectivity index (χ3n) is 4.08. The van der Waals surface area contributed by atoms with Crippen LogP contribution in [0.4, 0.5) is 0 Å². The van der Waals surface area contributed by atoms with Crippen molar-refractivity contribution in [3.8, 4) is 0 Å². The topological polar surface area (TPSA) is 18.5 Å². The van der Waals surface area contributed by atoms with Crippen molar-refractivity contribution in [1.82, 2.24) is 15.1 Å². The van der Waals surface area contributed by atoms with Gasteiger partial charge in [-0.2, -0.15) is 0 Å². The van der Waals surface area contributed by atoms with Crippen LogP contribution < -0.4 is 5.32 Å². The number of likely N-dealkylation sites (N-methyl/N-ethyl adjacent to an activating group) is 1. The van der Waals surface area contributed by atoms with Gasteiger partial charge in [-0.3, -0.25) is 4.90 Å². The standard InChI is InChI=1S/C13H27N3/c1-12-6-10-16(9-4-7-14-12)13-5-3-8-15(2)11-13/h12-14H,3-11H2,1-2H3. The van der Waals surface area contributed by atoms with Crippen molar-refractivity contribution in [1.29, 1.82) is 0 Å². The molecule has 3 nitrogen and oxygen atoms in total. The summed E-state index contributed by atoms with van der Waals surface area (Å²) in [5.41, 5.74) is 0. The second kappa shape index (κ2) is 5.99. The summed E-state index contributed by atoms with van der Waals surface area (Å²) in [6, 6.07) is 1.52. The molecule has 0 aromatic rings. The number of hydrogen-bond acceptors (Lipinski definition) is 3. The quantitative estimate of drug-likeness (QED) is 0.722. The lowest BCUT2D eigenvalue weighted by Crippen LogP contribution is -2.49. The smallest absolute Gasteiger partial charge is 0.0223 e. The number of hydrogen-bond donors (Lipinski definition) is 1. The Kier molecular flexibility index (Phi) is 4.62. The maximum Gasteiger partial charge on any atom is 0.0223 e. The molecule has 0 spiro atoms. The van der Waals surface area contributed by atoms with Crippen molar-refractivity contribution in [2.45, 2.75) is 44.7 Å². The van der Waals surface area contributed by atoms with Crippen LogP contribution in [0.3, 0.4) is 0 Å². The molecule has 0 bridgehead atoms. The first-order valence-electron chi connectivity index (χ1n) is 6.91. The summed E-state index contributed by atoms with van der Waals surface area (Å²) in [6.45, 7) is 8.66. The molecule has 2 rings (SSSR count). The third-order valence-corrected chi connectivity index (χ3v) is 4.08. The molecule has 2 aliphatic rings. The summed E-state index contributed by atoms with van der Waals surface area (Å²) in [5, 5.41) is 3.58. The predicted octanol–water partition coefficient (Wildman–Crippen LogP) is 1.15. The zero-order valence-corrected chi connectivity index (χ0v) is 10.9. The minimum Gasteiger partial charge on any atom is -0.314 e. The molecule has 0 amide bonds. The van der Waals surface area contributed by atoms with Gasteiger partial charge in [-0.05, 0) is 65.8 Å². The number of nitrogens with zero attached hydrogens (tertiary/aromatic N) is 2. The summed E-state index contributed by atoms with van der Waals surface area (Å²) >= 11 is 0. The van der Waals surface area contributed by atoms with E-state index in [-0.39, 0.29) is 0 Å². The molecule has 2 unspecified atom stereocenters. The van der Waals surface area contributed by atoms with Crippen molar-refractivity contribution in [2.24, 2.45) is 0 Å². The van der Waals surface area contributed by atoms with E-state index in [0.29, 0.717) is 6.04 Å². The highest BCUT2D eigenvalue weighted by Gasteiger charge is 2.24. The Morgan fingerprint density at radius 2 is 1.94 bits per heavy atom. The number of piperidine rings is 1. The van der Waals surface area contributed by atoms with Crippen molar-refractivity contribution in [3.63, 3.8) is 0 Å². The van der Waals surface area contributed by atoms with Crippen LogP contribution in [0.2, 0.25) is 0 Å². The monoisotopic (exact) mass is 225 g/mol. The summed E-state index contributed by atoms with van der Waals surface area (Å²) in [5.74, 6) is 0. The lowest BCUT2D eigenvalue weighted by atomic mass is 10.0. The van der Waals surface area contributed by atoms with Crippen LogP contribution in [0.5, 0.6) is 0 Å². The van der Waals surface area contributed by atoms with Crippen LogP contribution in [0, 0.1) is 0 Å². The van der Waals surface area contributed by atoms with Gasteiger partial charge in [0.05, 0.1) is 0 Å². The lowest BCUT2D eigenvalue weighted by molar-refractivity contribution is 0.102. The van der Waals surface area contributed by atoms with E-state index in [1.165, 1.54) is 58.4 Å². The van der Waals surface area contributed by atoms with Crippen LogP contribution in [0.1, 0.15) is 32.6 Å². The van der Waals surface area contributed by atoms with Gasteiger partial charge in [-0.15, -0.1) is 0 Å². The molecule has 2 heterocycles. The second-order valence-electron chi connectivity index (χ2n) is 5.59. The molecule has 0 aromatic carbocycles. The first-order valence-corrected chi connectivity index (χ1v) is 6.91. The molecule has 1 N–H and O–H groups in total. The van der Waals surface area contributed by atoms with E-state index in [1.54, 1.807) is 0 Å². The fraction of sp³-hybridized carbons (Fsp3) is 1.00. The Balaban J connectivity index is 1.85. The van der Waals surface area contributed by atoms with Gasteiger partial charge in [0.15, 0.2) is 0 Å². The first kappa shape index (κ1) is 12.3. The van der Waals surface area contributed by atoms with Gasteiger partial charge in [0.1, 0.15) is 0 Å². The van der Waals surface area contributed by atoms with Crippen LogP contribution in [0.25, 0.3) is 0 Å². The van der Waals surface area contributed by atoms with E-state index in [4.69, 9.17) is 0 Å². The van der Waals surface area contributed by atoms with Crippen LogP contribution in [-0.2, 0) is 0 Å². The van der Waals surface area contributed by atoms with Gasteiger partial charge in [-0.1, -0.05) is 0 Å². The van der Waals surface area contributed by atoms with Crippen molar-refractivity contribution in [3.05, 3.63) is 0 Å². The zero-order valence-electron chi connectivity index (χ0n) is 10.9. The molecule has 2 saturated heterocycles. The predicted molar refractivity (Wildman–Crippen MR) is 68.8 cm³/mol. The third kappa shape index (κ3) is 3.44. The van der Waals surface area contributed by atoms with Crippen LogP contribution in [-0.4, -0.2) is 61.7 Å². The molecule has 2 fully saturated rings. The van der Waals surface area contributed by atoms with Crippen LogP contribution >= 0.6 is 0 Å². The summed E-state index contributed by atoms with van der Waals surface area (Å²) in [4.78, 5) is 5.24. The highest BCUT2D eigenvalue weighted by molar-refractivity contribution is 4.81. The Bertz CT molecular complexity index is 207. The van der Waals surface area contributed by atoms with E-state index in [9.17, 15) is 0 Å². The zero-order chi connectivity index (χ0) is 11.4. The number of nitrogens with one attached hydrogen (secondary N) is 1. The summed E-state index contributed by atoms with van der Waals surface area (Å²) < 4.78 is 0. The number of rotatable bonds is 1. The molecule has 0 aliphatic carbocycles. The van der Waals surface area contributed by atoms with E-state index in [2.05, 4.69) is 29.1 Å². The Labute approximate surface area is 100 Å². The SMILES string of the molecule is CC1CCN(C2CCCN(C)C2)CCCN1. The maximum atomic E-state index is 3.58. The van der Waals surface area contributed by atoms with Gasteiger partial charge in [0.25, 0.3) is 0 Å². The molecule has 2 atom stereocenters. The summed E-state index contributed by atoms with van der Waals surface area (Å²) in [7, 11) is 2.26. The lowest BCUT2D eigenvalue weighted by Gasteiger charge is -2.39. The van der Waals surface area contributed by atoms with Crippen molar-refractivity contribution in [2.75, 3.05) is 39.8 Å². The van der Waals surface area contributed by atoms with Gasteiger partial charge in [0.2, 0.25) is 0 Å². The average Bonchev–Trinajstić information content (AvgIpc) is 2.24. The van der Waals surface area contributed by atoms with Gasteiger partial charge in [0, 0.05) is 18.6 Å². The molecule has 0 saturated carbocycles. The van der Waals surface area contributed by atoms with Gasteiger partial charge >= 0.3 is 0 Å². The maximum absolute atomic E-state index is 3.58. The van der Waals surface area contributed by atoms with Gasteiger partial charge < -0.3 is 10.2 Å². The van der Waals surface area contributed by atoms with Crippen molar-refractivity contribution >= 4 is 0 Å². The largest absolute Gasteiger partial charge is 0.314 e. The minimum atomic E-state index is 0.698. The van der Waals surface area contributed by atoms with E-state index >= 15 is 0 Å². The fourth-order valence-electron chi connectivity index (χ4n) is 3.01. The minimum absolute atomic E-state index is 0.698.